The van der Waals surface area contributed by atoms with Crippen LogP contribution in [0, 0.1) is 0 Å². The largest absolute Gasteiger partial charge is 0.480 e. The lowest BCUT2D eigenvalue weighted by atomic mass is 10.1. The zero-order valence-corrected chi connectivity index (χ0v) is 9.18. The molecule has 0 fully saturated rings. The molecule has 0 saturated carbocycles. The van der Waals surface area contributed by atoms with Gasteiger partial charge in [0.15, 0.2) is 0 Å². The summed E-state index contributed by atoms with van der Waals surface area (Å²) in [6, 6.07) is 5.18. The van der Waals surface area contributed by atoms with Gasteiger partial charge in [0.25, 0.3) is 0 Å². The van der Waals surface area contributed by atoms with Crippen molar-refractivity contribution in [3.63, 3.8) is 0 Å². The van der Waals surface area contributed by atoms with Gasteiger partial charge in [0.1, 0.15) is 6.04 Å². The number of benzene rings is 1. The van der Waals surface area contributed by atoms with Gasteiger partial charge in [0, 0.05) is 12.2 Å². The second-order valence-electron chi connectivity index (χ2n) is 4.08. The Bertz CT molecular complexity index is 417. The zero-order valence-electron chi connectivity index (χ0n) is 9.18. The number of hydrogen-bond donors (Lipinski definition) is 2. The summed E-state index contributed by atoms with van der Waals surface area (Å²) in [5.41, 5.74) is 2.98. The highest BCUT2D eigenvalue weighted by molar-refractivity contribution is 5.79. The molecule has 1 heterocycles. The van der Waals surface area contributed by atoms with Gasteiger partial charge in [-0.2, -0.15) is 0 Å². The molecular weight excluding hydrogens is 206 g/mol. The summed E-state index contributed by atoms with van der Waals surface area (Å²) < 4.78 is 0. The fourth-order valence-electron chi connectivity index (χ4n) is 2.11. The topological polar surface area (TPSA) is 60.8 Å². The Kier molecular flexibility index (Phi) is 2.83. The minimum Gasteiger partial charge on any atom is -0.480 e. The molecule has 4 nitrogen and oxygen atoms in total. The van der Waals surface area contributed by atoms with Gasteiger partial charge in [-0.3, -0.25) is 0 Å². The molecule has 0 bridgehead atoms. The number of rotatable bonds is 3. The third-order valence-electron chi connectivity index (χ3n) is 3.08. The lowest BCUT2D eigenvalue weighted by Crippen LogP contribution is -2.37. The van der Waals surface area contributed by atoms with Crippen molar-refractivity contribution in [3.8, 4) is 0 Å². The minimum absolute atomic E-state index is 0.0295. The molecule has 1 atom stereocenters. The van der Waals surface area contributed by atoms with Crippen LogP contribution in [-0.2, 0) is 17.8 Å². The van der Waals surface area contributed by atoms with Crippen molar-refractivity contribution in [2.75, 3.05) is 11.4 Å². The Morgan fingerprint density at radius 2 is 2.31 bits per heavy atom. The van der Waals surface area contributed by atoms with E-state index in [2.05, 4.69) is 0 Å². The Labute approximate surface area is 94.1 Å². The highest BCUT2D eigenvalue weighted by Crippen LogP contribution is 2.30. The summed E-state index contributed by atoms with van der Waals surface area (Å²) in [6.45, 7) is 2.46. The minimum atomic E-state index is -0.806. The number of nitrogens with zero attached hydrogens (tertiary/aromatic N) is 1. The van der Waals surface area contributed by atoms with Crippen LogP contribution in [0.25, 0.3) is 0 Å². The summed E-state index contributed by atoms with van der Waals surface area (Å²) >= 11 is 0. The van der Waals surface area contributed by atoms with E-state index >= 15 is 0 Å². The van der Waals surface area contributed by atoms with Crippen molar-refractivity contribution in [2.24, 2.45) is 0 Å². The van der Waals surface area contributed by atoms with E-state index in [0.29, 0.717) is 0 Å². The number of carboxylic acids is 1. The lowest BCUT2D eigenvalue weighted by Gasteiger charge is -2.23. The van der Waals surface area contributed by atoms with Crippen LogP contribution in [-0.4, -0.2) is 28.8 Å². The van der Waals surface area contributed by atoms with Gasteiger partial charge in [-0.05, 0) is 30.5 Å². The van der Waals surface area contributed by atoms with E-state index in [4.69, 9.17) is 10.2 Å². The summed E-state index contributed by atoms with van der Waals surface area (Å²) in [7, 11) is 0. The van der Waals surface area contributed by atoms with E-state index < -0.39 is 12.0 Å². The van der Waals surface area contributed by atoms with Crippen molar-refractivity contribution in [1.29, 1.82) is 0 Å². The summed E-state index contributed by atoms with van der Waals surface area (Å²) in [4.78, 5) is 12.8. The van der Waals surface area contributed by atoms with Crippen LogP contribution in [0.2, 0.25) is 0 Å². The first-order valence-corrected chi connectivity index (χ1v) is 5.35. The maximum absolute atomic E-state index is 10.9. The van der Waals surface area contributed by atoms with E-state index in [-0.39, 0.29) is 6.61 Å². The van der Waals surface area contributed by atoms with E-state index in [1.165, 1.54) is 0 Å². The van der Waals surface area contributed by atoms with E-state index in [1.54, 1.807) is 6.92 Å². The highest BCUT2D eigenvalue weighted by Gasteiger charge is 2.27. The normalized spacial score (nSPS) is 16.0. The summed E-state index contributed by atoms with van der Waals surface area (Å²) in [5, 5.41) is 18.0. The van der Waals surface area contributed by atoms with Gasteiger partial charge < -0.3 is 15.1 Å². The fourth-order valence-corrected chi connectivity index (χ4v) is 2.11. The number of aliphatic hydroxyl groups is 1. The van der Waals surface area contributed by atoms with Crippen molar-refractivity contribution in [3.05, 3.63) is 29.3 Å². The van der Waals surface area contributed by atoms with Crippen molar-refractivity contribution >= 4 is 11.7 Å². The predicted octanol–water partition coefficient (Wildman–Crippen LogP) is 1.01. The first-order chi connectivity index (χ1) is 7.63. The van der Waals surface area contributed by atoms with Crippen molar-refractivity contribution < 1.29 is 15.0 Å². The summed E-state index contributed by atoms with van der Waals surface area (Å²) in [5.74, 6) is -0.806. The number of carboxylic acid groups (broad SMARTS) is 1. The highest BCUT2D eigenvalue weighted by atomic mass is 16.4. The van der Waals surface area contributed by atoms with E-state index in [9.17, 15) is 4.79 Å². The molecular formula is C12H15NO3. The fraction of sp³-hybridized carbons (Fsp3) is 0.417. The van der Waals surface area contributed by atoms with E-state index in [1.807, 2.05) is 23.1 Å². The molecule has 0 aromatic heterocycles. The Morgan fingerprint density at radius 1 is 1.56 bits per heavy atom. The SMILES string of the molecule is C[C@H](C(=O)O)N1CCc2cc(CO)ccc21. The Morgan fingerprint density at radius 3 is 2.94 bits per heavy atom. The zero-order chi connectivity index (χ0) is 11.7. The predicted molar refractivity (Wildman–Crippen MR) is 60.5 cm³/mol. The van der Waals surface area contributed by atoms with Gasteiger partial charge in [-0.15, -0.1) is 0 Å². The van der Waals surface area contributed by atoms with Crippen molar-refractivity contribution in [2.45, 2.75) is 26.0 Å². The van der Waals surface area contributed by atoms with Gasteiger partial charge in [0.2, 0.25) is 0 Å². The van der Waals surface area contributed by atoms with Crippen LogP contribution in [0.3, 0.4) is 0 Å². The molecule has 4 heteroatoms. The maximum Gasteiger partial charge on any atom is 0.326 e. The smallest absolute Gasteiger partial charge is 0.326 e. The molecule has 1 aliphatic heterocycles. The quantitative estimate of drug-likeness (QED) is 0.799. The van der Waals surface area contributed by atoms with Crippen LogP contribution >= 0.6 is 0 Å². The van der Waals surface area contributed by atoms with Crippen LogP contribution in [0.5, 0.6) is 0 Å². The number of fused-ring (bicyclic) bond motifs is 1. The monoisotopic (exact) mass is 221 g/mol. The molecule has 0 unspecified atom stereocenters. The lowest BCUT2D eigenvalue weighted by molar-refractivity contribution is -0.138. The molecule has 2 rings (SSSR count). The summed E-state index contributed by atoms with van der Waals surface area (Å²) in [6.07, 6.45) is 0.848. The van der Waals surface area contributed by atoms with E-state index in [0.717, 1.165) is 29.8 Å². The second-order valence-corrected chi connectivity index (χ2v) is 4.08. The number of hydrogen-bond acceptors (Lipinski definition) is 3. The number of anilines is 1. The van der Waals surface area contributed by atoms with Gasteiger partial charge >= 0.3 is 5.97 Å². The first-order valence-electron chi connectivity index (χ1n) is 5.35. The van der Waals surface area contributed by atoms with Crippen LogP contribution < -0.4 is 4.90 Å². The van der Waals surface area contributed by atoms with Crippen LogP contribution in [0.15, 0.2) is 18.2 Å². The molecule has 1 aromatic rings. The average molecular weight is 221 g/mol. The second kappa shape index (κ2) is 4.14. The van der Waals surface area contributed by atoms with Gasteiger partial charge in [0.05, 0.1) is 6.61 Å². The Balaban J connectivity index is 2.30. The standard InChI is InChI=1S/C12H15NO3/c1-8(12(15)16)13-5-4-10-6-9(7-14)2-3-11(10)13/h2-3,6,8,14H,4-5,7H2,1H3,(H,15,16)/t8-/m1/s1. The average Bonchev–Trinajstić information content (AvgIpc) is 2.70. The number of carbonyl (C=O) groups is 1. The molecule has 2 N–H and O–H groups in total. The first kappa shape index (κ1) is 11.0. The van der Waals surface area contributed by atoms with Gasteiger partial charge in [-0.1, -0.05) is 12.1 Å². The number of aliphatic hydroxyl groups excluding tert-OH is 1. The van der Waals surface area contributed by atoms with Crippen molar-refractivity contribution in [1.82, 2.24) is 0 Å². The van der Waals surface area contributed by atoms with Crippen LogP contribution in [0.1, 0.15) is 18.1 Å². The maximum atomic E-state index is 10.9. The number of aliphatic carboxylic acids is 1. The Hall–Kier alpha value is -1.55. The molecule has 16 heavy (non-hydrogen) atoms. The molecule has 0 aliphatic carbocycles. The molecule has 86 valence electrons. The molecule has 0 saturated heterocycles. The third kappa shape index (κ3) is 1.76. The molecule has 0 spiro atoms. The molecule has 0 amide bonds. The molecule has 0 radical (unpaired) electrons. The molecule has 1 aromatic carbocycles. The van der Waals surface area contributed by atoms with Gasteiger partial charge in [-0.25, -0.2) is 4.79 Å². The third-order valence-corrected chi connectivity index (χ3v) is 3.08. The molecule has 1 aliphatic rings. The van der Waals surface area contributed by atoms with Crippen LogP contribution in [0.4, 0.5) is 5.69 Å².